The van der Waals surface area contributed by atoms with Crippen LogP contribution in [-0.4, -0.2) is 59.9 Å². The molecule has 0 spiro atoms. The van der Waals surface area contributed by atoms with Gasteiger partial charge < -0.3 is 19.4 Å². The van der Waals surface area contributed by atoms with Crippen molar-refractivity contribution in [2.45, 2.75) is 25.6 Å². The number of rotatable bonds is 8. The Morgan fingerprint density at radius 3 is 2.48 bits per heavy atom. The van der Waals surface area contributed by atoms with Crippen molar-refractivity contribution in [3.05, 3.63) is 88.0 Å². The third kappa shape index (κ3) is 6.19. The van der Waals surface area contributed by atoms with E-state index in [2.05, 4.69) is 21.6 Å². The average molecular weight is 542 g/mol. The Hall–Kier alpha value is -4.95. The Kier molecular flexibility index (Phi) is 7.89. The van der Waals surface area contributed by atoms with Crippen LogP contribution < -0.4 is 20.8 Å². The number of imide groups is 1. The molecule has 0 bridgehead atoms. The van der Waals surface area contributed by atoms with Crippen molar-refractivity contribution >= 4 is 17.8 Å². The second-order valence-corrected chi connectivity index (χ2v) is 9.59. The molecule has 0 radical (unpaired) electrons. The van der Waals surface area contributed by atoms with Crippen LogP contribution in [0, 0.1) is 11.3 Å². The van der Waals surface area contributed by atoms with E-state index < -0.39 is 18.0 Å². The number of carbonyl (C=O) groups is 3. The first-order chi connectivity index (χ1) is 19.4. The van der Waals surface area contributed by atoms with Crippen molar-refractivity contribution < 1.29 is 23.5 Å². The number of benzene rings is 2. The minimum atomic E-state index is -0.834. The van der Waals surface area contributed by atoms with Gasteiger partial charge in [-0.1, -0.05) is 42.5 Å². The summed E-state index contributed by atoms with van der Waals surface area (Å²) in [6.07, 6.45) is 1.24. The van der Waals surface area contributed by atoms with Gasteiger partial charge in [-0.15, -0.1) is 0 Å². The number of amides is 4. The fourth-order valence-electron chi connectivity index (χ4n) is 4.68. The van der Waals surface area contributed by atoms with Crippen LogP contribution >= 0.6 is 0 Å². The van der Waals surface area contributed by atoms with E-state index in [-0.39, 0.29) is 30.1 Å². The van der Waals surface area contributed by atoms with Gasteiger partial charge in [0, 0.05) is 32.2 Å². The highest BCUT2D eigenvalue weighted by molar-refractivity contribution is 6.05. The van der Waals surface area contributed by atoms with Gasteiger partial charge in [-0.05, 0) is 22.8 Å². The molecule has 40 heavy (non-hydrogen) atoms. The molecular formula is C29H27N5O6. The van der Waals surface area contributed by atoms with Gasteiger partial charge in [0.15, 0.2) is 0 Å². The number of nitrogens with one attached hydrogen (secondary N) is 2. The normalized spacial score (nSPS) is 17.2. The highest BCUT2D eigenvalue weighted by Gasteiger charge is 2.33. The van der Waals surface area contributed by atoms with Crippen molar-refractivity contribution in [3.8, 4) is 22.9 Å². The van der Waals surface area contributed by atoms with Crippen molar-refractivity contribution in [1.29, 1.82) is 5.26 Å². The zero-order chi connectivity index (χ0) is 28.1. The van der Waals surface area contributed by atoms with Crippen LogP contribution in [-0.2, 0) is 22.7 Å². The van der Waals surface area contributed by atoms with Crippen molar-refractivity contribution in [2.24, 2.45) is 0 Å². The van der Waals surface area contributed by atoms with Gasteiger partial charge in [-0.3, -0.25) is 24.6 Å². The van der Waals surface area contributed by atoms with E-state index >= 15 is 0 Å². The van der Waals surface area contributed by atoms with Gasteiger partial charge in [0.2, 0.25) is 17.1 Å². The average Bonchev–Trinajstić information content (AvgIpc) is 3.29. The van der Waals surface area contributed by atoms with E-state index in [1.54, 1.807) is 11.0 Å². The molecule has 2 fully saturated rings. The summed E-state index contributed by atoms with van der Waals surface area (Å²) < 4.78 is 11.4. The Morgan fingerprint density at radius 1 is 1.05 bits per heavy atom. The molecule has 0 unspecified atom stereocenters. The van der Waals surface area contributed by atoms with Crippen LogP contribution in [0.2, 0.25) is 0 Å². The molecule has 1 atom stereocenters. The van der Waals surface area contributed by atoms with Gasteiger partial charge >= 0.3 is 6.03 Å². The first-order valence-electron chi connectivity index (χ1n) is 12.8. The van der Waals surface area contributed by atoms with Crippen molar-refractivity contribution in [1.82, 2.24) is 20.4 Å². The van der Waals surface area contributed by atoms with Crippen LogP contribution in [0.25, 0.3) is 11.1 Å². The van der Waals surface area contributed by atoms with Gasteiger partial charge in [-0.2, -0.15) is 5.26 Å². The predicted molar refractivity (Wildman–Crippen MR) is 143 cm³/mol. The minimum absolute atomic E-state index is 0.0762. The standard InChI is InChI=1S/C29H27N5O6/c30-15-21-3-1-2-4-23(21)20-7-5-19(6-8-20)17-40-26-18-39-22(13-25(26)35)16-33-9-11-34(12-10-33)27(36)14-24-28(37)32-29(38)31-24/h1-8,13,18,24H,9-12,14,16-17H2,(H2,31,32,37,38)/t24-/m0/s1. The summed E-state index contributed by atoms with van der Waals surface area (Å²) in [6, 6.07) is 17.2. The summed E-state index contributed by atoms with van der Waals surface area (Å²) in [5.41, 5.74) is 2.96. The van der Waals surface area contributed by atoms with Crippen LogP contribution in [0.3, 0.4) is 0 Å². The highest BCUT2D eigenvalue weighted by Crippen LogP contribution is 2.24. The second kappa shape index (κ2) is 11.8. The summed E-state index contributed by atoms with van der Waals surface area (Å²) >= 11 is 0. The molecule has 2 aliphatic rings. The van der Waals surface area contributed by atoms with Crippen molar-refractivity contribution in [2.75, 3.05) is 26.2 Å². The summed E-state index contributed by atoms with van der Waals surface area (Å²) in [7, 11) is 0. The topological polar surface area (TPSA) is 145 Å². The fraction of sp³-hybridized carbons (Fsp3) is 0.276. The molecule has 2 aliphatic heterocycles. The van der Waals surface area contributed by atoms with Gasteiger partial charge in [0.1, 0.15) is 24.7 Å². The lowest BCUT2D eigenvalue weighted by atomic mass is 9.99. The lowest BCUT2D eigenvalue weighted by Crippen LogP contribution is -2.49. The van der Waals surface area contributed by atoms with Crippen LogP contribution in [0.4, 0.5) is 4.79 Å². The number of nitriles is 1. The van der Waals surface area contributed by atoms with E-state index in [0.29, 0.717) is 44.0 Å². The molecule has 2 N–H and O–H groups in total. The fourth-order valence-corrected chi connectivity index (χ4v) is 4.68. The smallest absolute Gasteiger partial charge is 0.322 e. The third-order valence-electron chi connectivity index (χ3n) is 6.90. The van der Waals surface area contributed by atoms with Gasteiger partial charge in [0.25, 0.3) is 5.91 Å². The SMILES string of the molecule is N#Cc1ccccc1-c1ccc(COc2coc(CN3CCN(C(=O)C[C@@H]4NC(=O)NC4=O)CC3)cc2=O)cc1. The predicted octanol–water partition coefficient (Wildman–Crippen LogP) is 2.00. The van der Waals surface area contributed by atoms with Crippen molar-refractivity contribution in [3.63, 3.8) is 0 Å². The van der Waals surface area contributed by atoms with Crippen LogP contribution in [0.1, 0.15) is 23.3 Å². The Bertz CT molecular complexity index is 1520. The maximum absolute atomic E-state index is 12.6. The lowest BCUT2D eigenvalue weighted by Gasteiger charge is -2.34. The molecule has 1 aromatic heterocycles. The zero-order valence-corrected chi connectivity index (χ0v) is 21.6. The van der Waals surface area contributed by atoms with E-state index in [9.17, 15) is 24.4 Å². The monoisotopic (exact) mass is 541 g/mol. The Balaban J connectivity index is 1.10. The second-order valence-electron chi connectivity index (χ2n) is 9.59. The number of piperazine rings is 1. The largest absolute Gasteiger partial charge is 0.482 e. The van der Waals surface area contributed by atoms with Gasteiger partial charge in [-0.25, -0.2) is 4.79 Å². The maximum Gasteiger partial charge on any atom is 0.322 e. The lowest BCUT2D eigenvalue weighted by molar-refractivity contribution is -0.135. The van der Waals surface area contributed by atoms with Gasteiger partial charge in [0.05, 0.1) is 24.6 Å². The molecule has 3 heterocycles. The number of ether oxygens (including phenoxy) is 1. The highest BCUT2D eigenvalue weighted by atomic mass is 16.5. The van der Waals surface area contributed by atoms with E-state index in [1.807, 2.05) is 42.5 Å². The summed E-state index contributed by atoms with van der Waals surface area (Å²) in [4.78, 5) is 51.8. The molecular weight excluding hydrogens is 514 g/mol. The number of nitrogens with zero attached hydrogens (tertiary/aromatic N) is 3. The molecule has 5 rings (SSSR count). The minimum Gasteiger partial charge on any atom is -0.482 e. The number of urea groups is 1. The summed E-state index contributed by atoms with van der Waals surface area (Å²) in [6.45, 7) is 2.68. The number of carbonyl (C=O) groups excluding carboxylic acids is 3. The molecule has 3 aromatic rings. The van der Waals surface area contributed by atoms with E-state index in [4.69, 9.17) is 9.15 Å². The quantitative estimate of drug-likeness (QED) is 0.412. The Morgan fingerprint density at radius 2 is 1.80 bits per heavy atom. The third-order valence-corrected chi connectivity index (χ3v) is 6.90. The number of hydrogen-bond acceptors (Lipinski definition) is 8. The first kappa shape index (κ1) is 26.6. The zero-order valence-electron chi connectivity index (χ0n) is 21.6. The molecule has 2 saturated heterocycles. The first-order valence-corrected chi connectivity index (χ1v) is 12.8. The van der Waals surface area contributed by atoms with E-state index in [0.717, 1.165) is 16.7 Å². The van der Waals surface area contributed by atoms with E-state index in [1.165, 1.54) is 12.3 Å². The summed E-state index contributed by atoms with van der Waals surface area (Å²) in [5.74, 6) is -0.0868. The molecule has 11 nitrogen and oxygen atoms in total. The molecule has 2 aromatic carbocycles. The van der Waals surface area contributed by atoms with Crippen LogP contribution in [0.5, 0.6) is 5.75 Å². The molecule has 0 aliphatic carbocycles. The molecule has 11 heteroatoms. The van der Waals surface area contributed by atoms with Crippen LogP contribution in [0.15, 0.2) is 70.1 Å². The summed E-state index contributed by atoms with van der Waals surface area (Å²) in [5, 5.41) is 13.9. The molecule has 0 saturated carbocycles. The molecule has 204 valence electrons. The Labute approximate surface area is 229 Å². The number of hydrogen-bond donors (Lipinski definition) is 2. The molecule has 4 amide bonds. The maximum atomic E-state index is 12.6.